The molecule has 0 atom stereocenters. The van der Waals surface area contributed by atoms with Crippen LogP contribution in [-0.4, -0.2) is 13.3 Å². The van der Waals surface area contributed by atoms with Crippen LogP contribution < -0.4 is 4.43 Å². The van der Waals surface area contributed by atoms with E-state index in [9.17, 15) is 13.2 Å². The molecule has 0 aliphatic carbocycles. The quantitative estimate of drug-likeness (QED) is 0.252. The minimum absolute atomic E-state index is 0.132. The van der Waals surface area contributed by atoms with E-state index in [4.69, 9.17) is 4.43 Å². The van der Waals surface area contributed by atoms with Gasteiger partial charge in [0.05, 0.1) is 11.3 Å². The highest BCUT2D eigenvalue weighted by Gasteiger charge is 2.39. The highest BCUT2D eigenvalue weighted by atomic mass is 32.2. The van der Waals surface area contributed by atoms with Crippen molar-refractivity contribution >= 4 is 31.4 Å². The van der Waals surface area contributed by atoms with E-state index < -0.39 is 20.1 Å². The van der Waals surface area contributed by atoms with Crippen molar-refractivity contribution in [2.24, 2.45) is 0 Å². The van der Waals surface area contributed by atoms with E-state index in [1.54, 1.807) is 17.8 Å². The van der Waals surface area contributed by atoms with Crippen LogP contribution in [0.2, 0.25) is 18.1 Å². The first kappa shape index (κ1) is 24.9. The topological polar surface area (TPSA) is 22.1 Å². The van der Waals surface area contributed by atoms with E-state index >= 15 is 0 Å². The molecule has 3 aromatic rings. The lowest BCUT2D eigenvalue weighted by Crippen LogP contribution is -2.43. The van der Waals surface area contributed by atoms with Crippen LogP contribution in [0.3, 0.4) is 0 Å². The minimum Gasteiger partial charge on any atom is -0.544 e. The number of thioether (sulfide) groups is 1. The average molecular weight is 496 g/mol. The maximum absolute atomic E-state index is 13.4. The van der Waals surface area contributed by atoms with Crippen molar-refractivity contribution in [3.05, 3.63) is 64.7 Å². The van der Waals surface area contributed by atoms with Crippen LogP contribution in [0.5, 0.6) is 5.75 Å². The minimum atomic E-state index is -4.40. The van der Waals surface area contributed by atoms with Gasteiger partial charge < -0.3 is 4.43 Å². The summed E-state index contributed by atoms with van der Waals surface area (Å²) < 4.78 is 46.5. The van der Waals surface area contributed by atoms with Crippen molar-refractivity contribution in [2.75, 3.05) is 0 Å². The summed E-state index contributed by atoms with van der Waals surface area (Å²) in [5.41, 5.74) is 0.258. The molecule has 0 unspecified atom stereocenters. The molecule has 0 radical (unpaired) electrons. The average Bonchev–Trinajstić information content (AvgIpc) is 3.06. The van der Waals surface area contributed by atoms with Gasteiger partial charge in [0.1, 0.15) is 10.8 Å². The van der Waals surface area contributed by atoms with Crippen molar-refractivity contribution < 1.29 is 17.6 Å². The van der Waals surface area contributed by atoms with Crippen molar-refractivity contribution in [1.29, 1.82) is 0 Å². The fraction of sp³-hybridized carbons (Fsp3) is 0.375. The molecule has 0 aliphatic heterocycles. The molecule has 172 valence electrons. The number of hydrogen-bond donors (Lipinski definition) is 0. The summed E-state index contributed by atoms with van der Waals surface area (Å²) in [6.07, 6.45) is -4.40. The van der Waals surface area contributed by atoms with E-state index in [0.717, 1.165) is 27.3 Å². The van der Waals surface area contributed by atoms with Gasteiger partial charge in [0.15, 0.2) is 0 Å². The summed E-state index contributed by atoms with van der Waals surface area (Å²) in [6.45, 7) is 12.9. The summed E-state index contributed by atoms with van der Waals surface area (Å²) >= 11 is 2.97. The van der Waals surface area contributed by atoms with Gasteiger partial charge in [0.2, 0.25) is 8.32 Å². The van der Waals surface area contributed by atoms with E-state index in [2.05, 4.69) is 38.8 Å². The van der Waals surface area contributed by atoms with Crippen molar-refractivity contribution in [2.45, 2.75) is 62.7 Å². The van der Waals surface area contributed by atoms with Crippen LogP contribution in [-0.2, 0) is 11.9 Å². The molecule has 0 saturated carbocycles. The second-order valence-electron chi connectivity index (χ2n) is 9.19. The van der Waals surface area contributed by atoms with E-state index in [-0.39, 0.29) is 10.6 Å². The zero-order valence-corrected chi connectivity index (χ0v) is 21.8. The molecule has 2 aromatic carbocycles. The largest absolute Gasteiger partial charge is 0.544 e. The molecule has 1 aromatic heterocycles. The Morgan fingerprint density at radius 1 is 1.00 bits per heavy atom. The van der Waals surface area contributed by atoms with Crippen molar-refractivity contribution in [3.8, 4) is 16.3 Å². The second-order valence-corrected chi connectivity index (χ2v) is 16.1. The lowest BCUT2D eigenvalue weighted by atomic mass is 10.1. The van der Waals surface area contributed by atoms with E-state index in [1.165, 1.54) is 23.5 Å². The molecule has 1 heterocycles. The van der Waals surface area contributed by atoms with Crippen molar-refractivity contribution in [1.82, 2.24) is 4.98 Å². The van der Waals surface area contributed by atoms with Gasteiger partial charge in [0, 0.05) is 21.1 Å². The molecule has 0 bridgehead atoms. The molecule has 0 spiro atoms. The van der Waals surface area contributed by atoms with Gasteiger partial charge in [-0.05, 0) is 55.4 Å². The molecular formula is C24H28F3NOS2Si. The Labute approximate surface area is 197 Å². The van der Waals surface area contributed by atoms with Crippen LogP contribution >= 0.6 is 23.1 Å². The normalized spacial score (nSPS) is 12.8. The number of benzene rings is 2. The third-order valence-electron chi connectivity index (χ3n) is 5.73. The second kappa shape index (κ2) is 9.23. The Bertz CT molecular complexity index is 1070. The molecule has 0 saturated heterocycles. The highest BCUT2D eigenvalue weighted by molar-refractivity contribution is 7.98. The third-order valence-corrected chi connectivity index (χ3v) is 12.5. The molecular weight excluding hydrogens is 467 g/mol. The zero-order valence-electron chi connectivity index (χ0n) is 19.1. The smallest absolute Gasteiger partial charge is 0.417 e. The lowest BCUT2D eigenvalue weighted by Gasteiger charge is -2.36. The summed E-state index contributed by atoms with van der Waals surface area (Å²) in [5, 5.41) is 0.538. The Morgan fingerprint density at radius 3 is 2.22 bits per heavy atom. The first-order valence-corrected chi connectivity index (χ1v) is 15.0. The Kier molecular flexibility index (Phi) is 7.17. The Morgan fingerprint density at radius 2 is 1.62 bits per heavy atom. The first-order chi connectivity index (χ1) is 14.8. The van der Waals surface area contributed by atoms with Gasteiger partial charge in [-0.2, -0.15) is 13.2 Å². The monoisotopic (exact) mass is 495 g/mol. The standard InChI is InChI=1S/C24H28F3NOS2Si/c1-16-21(31-22(28-16)19-9-7-8-10-20(19)24(25,26)27)15-30-18-13-11-17(12-14-18)29-32(5,6)23(2,3)4/h7-14H,15H2,1-6H3. The van der Waals surface area contributed by atoms with Gasteiger partial charge in [-0.15, -0.1) is 23.1 Å². The maximum Gasteiger partial charge on any atom is 0.417 e. The molecule has 32 heavy (non-hydrogen) atoms. The Hall–Kier alpha value is -1.77. The van der Waals surface area contributed by atoms with Crippen LogP contribution in [0, 0.1) is 6.92 Å². The van der Waals surface area contributed by atoms with Gasteiger partial charge in [0.25, 0.3) is 0 Å². The SMILES string of the molecule is Cc1nc(-c2ccccc2C(F)(F)F)sc1CSc1ccc(O[Si](C)(C)C(C)(C)C)cc1. The summed E-state index contributed by atoms with van der Waals surface area (Å²) in [5.74, 6) is 1.53. The summed E-state index contributed by atoms with van der Waals surface area (Å²) in [4.78, 5) is 6.49. The molecule has 8 heteroatoms. The molecule has 3 rings (SSSR count). The number of alkyl halides is 3. The number of aryl methyl sites for hydroxylation is 1. The first-order valence-electron chi connectivity index (χ1n) is 10.3. The number of rotatable bonds is 6. The van der Waals surface area contributed by atoms with Crippen molar-refractivity contribution in [3.63, 3.8) is 0 Å². The van der Waals surface area contributed by atoms with E-state index in [0.29, 0.717) is 10.8 Å². The van der Waals surface area contributed by atoms with Gasteiger partial charge in [-0.1, -0.05) is 39.0 Å². The summed E-state index contributed by atoms with van der Waals surface area (Å²) in [6, 6.07) is 13.7. The number of halogens is 3. The molecule has 0 fully saturated rings. The number of thiazole rings is 1. The van der Waals surface area contributed by atoms with Crippen LogP contribution in [0.4, 0.5) is 13.2 Å². The van der Waals surface area contributed by atoms with Crippen LogP contribution in [0.15, 0.2) is 53.4 Å². The van der Waals surface area contributed by atoms with E-state index in [1.807, 2.05) is 31.2 Å². The summed E-state index contributed by atoms with van der Waals surface area (Å²) in [7, 11) is -1.88. The Balaban J connectivity index is 1.71. The van der Waals surface area contributed by atoms with Gasteiger partial charge in [-0.3, -0.25) is 0 Å². The third kappa shape index (κ3) is 5.77. The molecule has 0 N–H and O–H groups in total. The molecule has 0 aliphatic rings. The number of nitrogens with zero attached hydrogens (tertiary/aromatic N) is 1. The fourth-order valence-corrected chi connectivity index (χ4v) is 5.97. The lowest BCUT2D eigenvalue weighted by molar-refractivity contribution is -0.137. The maximum atomic E-state index is 13.4. The van der Waals surface area contributed by atoms with Crippen LogP contribution in [0.1, 0.15) is 36.9 Å². The predicted octanol–water partition coefficient (Wildman–Crippen LogP) is 8.81. The van der Waals surface area contributed by atoms with Gasteiger partial charge >= 0.3 is 6.18 Å². The zero-order chi connectivity index (χ0) is 23.7. The predicted molar refractivity (Wildman–Crippen MR) is 131 cm³/mol. The molecule has 2 nitrogen and oxygen atoms in total. The number of aromatic nitrogens is 1. The number of hydrogen-bond acceptors (Lipinski definition) is 4. The van der Waals surface area contributed by atoms with Crippen LogP contribution in [0.25, 0.3) is 10.6 Å². The molecule has 0 amide bonds. The fourth-order valence-electron chi connectivity index (χ4n) is 2.79. The van der Waals surface area contributed by atoms with Gasteiger partial charge in [-0.25, -0.2) is 4.98 Å². The highest BCUT2D eigenvalue weighted by Crippen LogP contribution is 2.41.